The van der Waals surface area contributed by atoms with Crippen LogP contribution >= 0.6 is 0 Å². The van der Waals surface area contributed by atoms with Gasteiger partial charge in [0.1, 0.15) is 0 Å². The van der Waals surface area contributed by atoms with E-state index in [0.717, 1.165) is 10.5 Å². The minimum absolute atomic E-state index is 0.0793. The third-order valence-corrected chi connectivity index (χ3v) is 5.32. The second-order valence-corrected chi connectivity index (χ2v) is 8.04. The zero-order chi connectivity index (χ0) is 20.5. The van der Waals surface area contributed by atoms with Crippen LogP contribution in [0.1, 0.15) is 47.1 Å². The van der Waals surface area contributed by atoms with Gasteiger partial charge in [0.15, 0.2) is 0 Å². The SMILES string of the molecule is CC(C)(C)[C@@](Cc1cccnc1)(CN1C(=O)c2ccccc2C1=O)NC(=O)O. The first-order valence-corrected chi connectivity index (χ1v) is 9.00. The molecule has 28 heavy (non-hydrogen) atoms. The maximum atomic E-state index is 12.9. The van der Waals surface area contributed by atoms with E-state index < -0.39 is 28.9 Å². The number of carboxylic acid groups (broad SMARTS) is 1. The van der Waals surface area contributed by atoms with Crippen LogP contribution in [0.25, 0.3) is 0 Å². The molecule has 2 aromatic rings. The third kappa shape index (κ3) is 3.47. The van der Waals surface area contributed by atoms with Crippen molar-refractivity contribution >= 4 is 17.9 Å². The summed E-state index contributed by atoms with van der Waals surface area (Å²) < 4.78 is 0. The molecule has 2 heterocycles. The standard InChI is InChI=1S/C21H23N3O4/c1-20(2,3)21(23-19(27)28,11-14-7-6-10-22-12-14)13-24-17(25)15-8-4-5-9-16(15)18(24)26/h4-10,12,23H,11,13H2,1-3H3,(H,27,28)/t21-/m1/s1. The molecule has 3 rings (SSSR count). The molecule has 3 amide bonds. The maximum Gasteiger partial charge on any atom is 0.405 e. The van der Waals surface area contributed by atoms with Gasteiger partial charge in [-0.2, -0.15) is 0 Å². The quantitative estimate of drug-likeness (QED) is 0.776. The lowest BCUT2D eigenvalue weighted by molar-refractivity contribution is 0.0468. The molecule has 1 aromatic heterocycles. The van der Waals surface area contributed by atoms with Gasteiger partial charge in [-0.05, 0) is 35.6 Å². The van der Waals surface area contributed by atoms with Crippen molar-refractivity contribution in [2.45, 2.75) is 32.7 Å². The Morgan fingerprint density at radius 3 is 2.14 bits per heavy atom. The van der Waals surface area contributed by atoms with Gasteiger partial charge in [0.25, 0.3) is 11.8 Å². The number of carbonyl (C=O) groups excluding carboxylic acids is 2. The van der Waals surface area contributed by atoms with Crippen molar-refractivity contribution in [3.8, 4) is 0 Å². The smallest absolute Gasteiger partial charge is 0.405 e. The number of fused-ring (bicyclic) bond motifs is 1. The summed E-state index contributed by atoms with van der Waals surface area (Å²) in [5.74, 6) is -0.819. The summed E-state index contributed by atoms with van der Waals surface area (Å²) in [6, 6.07) is 10.2. The molecule has 0 fully saturated rings. The number of hydrogen-bond donors (Lipinski definition) is 2. The summed E-state index contributed by atoms with van der Waals surface area (Å²) >= 11 is 0. The van der Waals surface area contributed by atoms with Crippen LogP contribution in [0.3, 0.4) is 0 Å². The monoisotopic (exact) mass is 381 g/mol. The zero-order valence-electron chi connectivity index (χ0n) is 16.1. The molecule has 0 bridgehead atoms. The molecule has 1 aliphatic rings. The Balaban J connectivity index is 2.03. The molecule has 1 atom stereocenters. The number of nitrogens with one attached hydrogen (secondary N) is 1. The molecule has 0 unspecified atom stereocenters. The minimum atomic E-state index is -1.21. The van der Waals surface area contributed by atoms with Crippen LogP contribution in [0.2, 0.25) is 0 Å². The van der Waals surface area contributed by atoms with Crippen LogP contribution in [0.4, 0.5) is 4.79 Å². The Labute approximate surface area is 163 Å². The molecule has 1 aromatic carbocycles. The fraction of sp³-hybridized carbons (Fsp3) is 0.333. The molecule has 7 nitrogen and oxygen atoms in total. The van der Waals surface area contributed by atoms with E-state index in [1.54, 1.807) is 42.7 Å². The molecule has 0 saturated heterocycles. The second kappa shape index (κ2) is 7.07. The van der Waals surface area contributed by atoms with Crippen molar-refractivity contribution < 1.29 is 19.5 Å². The van der Waals surface area contributed by atoms with Crippen LogP contribution in [0, 0.1) is 5.41 Å². The lowest BCUT2D eigenvalue weighted by atomic mass is 9.69. The first-order chi connectivity index (χ1) is 13.1. The van der Waals surface area contributed by atoms with E-state index in [9.17, 15) is 19.5 Å². The predicted molar refractivity (Wildman–Crippen MR) is 103 cm³/mol. The van der Waals surface area contributed by atoms with Crippen molar-refractivity contribution in [2.24, 2.45) is 5.41 Å². The normalized spacial score (nSPS) is 15.9. The van der Waals surface area contributed by atoms with Gasteiger partial charge >= 0.3 is 6.09 Å². The van der Waals surface area contributed by atoms with Crippen LogP contribution in [-0.2, 0) is 6.42 Å². The van der Waals surface area contributed by atoms with Crippen molar-refractivity contribution in [3.63, 3.8) is 0 Å². The van der Waals surface area contributed by atoms with E-state index in [-0.39, 0.29) is 13.0 Å². The summed E-state index contributed by atoms with van der Waals surface area (Å²) in [4.78, 5) is 42.7. The van der Waals surface area contributed by atoms with E-state index >= 15 is 0 Å². The van der Waals surface area contributed by atoms with E-state index in [1.807, 2.05) is 26.8 Å². The van der Waals surface area contributed by atoms with Crippen LogP contribution in [0.5, 0.6) is 0 Å². The molecule has 0 radical (unpaired) electrons. The highest BCUT2D eigenvalue weighted by molar-refractivity contribution is 6.21. The Hall–Kier alpha value is -3.22. The number of pyridine rings is 1. The fourth-order valence-corrected chi connectivity index (χ4v) is 3.54. The second-order valence-electron chi connectivity index (χ2n) is 8.04. The average Bonchev–Trinajstić information content (AvgIpc) is 2.86. The summed E-state index contributed by atoms with van der Waals surface area (Å²) in [5, 5.41) is 12.2. The lowest BCUT2D eigenvalue weighted by Gasteiger charge is -2.46. The Bertz CT molecular complexity index is 886. The highest BCUT2D eigenvalue weighted by atomic mass is 16.4. The van der Waals surface area contributed by atoms with Gasteiger partial charge in [-0.15, -0.1) is 0 Å². The Morgan fingerprint density at radius 1 is 1.07 bits per heavy atom. The van der Waals surface area contributed by atoms with Crippen molar-refractivity contribution in [2.75, 3.05) is 6.54 Å². The molecule has 2 N–H and O–H groups in total. The van der Waals surface area contributed by atoms with Gasteiger partial charge in [-0.25, -0.2) is 4.79 Å². The molecule has 7 heteroatoms. The number of aromatic nitrogens is 1. The molecule has 146 valence electrons. The Kier molecular flexibility index (Phi) is 4.93. The fourth-order valence-electron chi connectivity index (χ4n) is 3.54. The van der Waals surface area contributed by atoms with Gasteiger partial charge in [-0.1, -0.05) is 39.0 Å². The highest BCUT2D eigenvalue weighted by Crippen LogP contribution is 2.36. The number of rotatable bonds is 5. The number of carbonyl (C=O) groups is 3. The molecule has 0 spiro atoms. The topological polar surface area (TPSA) is 99.6 Å². The van der Waals surface area contributed by atoms with E-state index in [0.29, 0.717) is 11.1 Å². The molecular formula is C21H23N3O4. The van der Waals surface area contributed by atoms with E-state index in [4.69, 9.17) is 0 Å². The van der Waals surface area contributed by atoms with Crippen LogP contribution in [0.15, 0.2) is 48.8 Å². The number of hydrogen-bond acceptors (Lipinski definition) is 4. The maximum absolute atomic E-state index is 12.9. The van der Waals surface area contributed by atoms with E-state index in [2.05, 4.69) is 10.3 Å². The minimum Gasteiger partial charge on any atom is -0.465 e. The summed E-state index contributed by atoms with van der Waals surface area (Å²) in [7, 11) is 0. The van der Waals surface area contributed by atoms with E-state index in [1.165, 1.54) is 0 Å². The van der Waals surface area contributed by atoms with Crippen molar-refractivity contribution in [3.05, 3.63) is 65.5 Å². The average molecular weight is 381 g/mol. The predicted octanol–water partition coefficient (Wildman–Crippen LogP) is 2.97. The molecule has 1 aliphatic heterocycles. The van der Waals surface area contributed by atoms with Crippen molar-refractivity contribution in [1.29, 1.82) is 0 Å². The molecule has 0 aliphatic carbocycles. The third-order valence-electron chi connectivity index (χ3n) is 5.32. The first kappa shape index (κ1) is 19.5. The van der Waals surface area contributed by atoms with Gasteiger partial charge in [0.2, 0.25) is 0 Å². The largest absolute Gasteiger partial charge is 0.465 e. The zero-order valence-corrected chi connectivity index (χ0v) is 16.1. The molecular weight excluding hydrogens is 358 g/mol. The van der Waals surface area contributed by atoms with Gasteiger partial charge in [0, 0.05) is 12.4 Å². The number of imide groups is 1. The lowest BCUT2D eigenvalue weighted by Crippen LogP contribution is -2.64. The molecule has 0 saturated carbocycles. The number of benzene rings is 1. The first-order valence-electron chi connectivity index (χ1n) is 9.00. The van der Waals surface area contributed by atoms with Crippen LogP contribution < -0.4 is 5.32 Å². The van der Waals surface area contributed by atoms with Gasteiger partial charge in [-0.3, -0.25) is 19.5 Å². The number of amides is 3. The van der Waals surface area contributed by atoms with Crippen LogP contribution in [-0.4, -0.2) is 45.0 Å². The summed E-state index contributed by atoms with van der Waals surface area (Å²) in [6.45, 7) is 5.58. The van der Waals surface area contributed by atoms with Gasteiger partial charge in [0.05, 0.1) is 23.2 Å². The number of nitrogens with zero attached hydrogens (tertiary/aromatic N) is 2. The summed E-state index contributed by atoms with van der Waals surface area (Å²) in [5.41, 5.74) is -0.215. The Morgan fingerprint density at radius 2 is 1.68 bits per heavy atom. The highest BCUT2D eigenvalue weighted by Gasteiger charge is 2.48. The van der Waals surface area contributed by atoms with Gasteiger partial charge < -0.3 is 10.4 Å². The summed E-state index contributed by atoms with van der Waals surface area (Å²) in [6.07, 6.45) is 2.36. The van der Waals surface area contributed by atoms with Crippen molar-refractivity contribution in [1.82, 2.24) is 15.2 Å².